The van der Waals surface area contributed by atoms with Gasteiger partial charge in [0.1, 0.15) is 5.75 Å². The molecule has 2 atom stereocenters. The average molecular weight is 332 g/mol. The van der Waals surface area contributed by atoms with Gasteiger partial charge in [0.2, 0.25) is 0 Å². The molecule has 4 heteroatoms. The first kappa shape index (κ1) is 17.4. The highest BCUT2D eigenvalue weighted by molar-refractivity contribution is 6.32. The highest BCUT2D eigenvalue weighted by atomic mass is 35.5. The van der Waals surface area contributed by atoms with Crippen LogP contribution >= 0.6 is 11.6 Å². The van der Waals surface area contributed by atoms with E-state index in [1.807, 2.05) is 37.3 Å². The van der Waals surface area contributed by atoms with Crippen molar-refractivity contribution in [3.63, 3.8) is 0 Å². The first-order valence-corrected chi connectivity index (χ1v) is 8.19. The van der Waals surface area contributed by atoms with E-state index in [4.69, 9.17) is 16.3 Å². The van der Waals surface area contributed by atoms with Crippen LogP contribution in [0.2, 0.25) is 5.02 Å². The first-order valence-electron chi connectivity index (χ1n) is 7.81. The molecule has 0 saturated heterocycles. The summed E-state index contributed by atoms with van der Waals surface area (Å²) in [7, 11) is 0. The van der Waals surface area contributed by atoms with Gasteiger partial charge in [-0.3, -0.25) is 4.79 Å². The summed E-state index contributed by atoms with van der Waals surface area (Å²) in [6.45, 7) is 3.73. The molecule has 0 spiro atoms. The van der Waals surface area contributed by atoms with E-state index >= 15 is 0 Å². The fourth-order valence-corrected chi connectivity index (χ4v) is 2.42. The number of rotatable bonds is 7. The summed E-state index contributed by atoms with van der Waals surface area (Å²) in [6.07, 6.45) is 1.23. The maximum atomic E-state index is 12.2. The summed E-state index contributed by atoms with van der Waals surface area (Å²) in [5.41, 5.74) is 1.27. The van der Waals surface area contributed by atoms with E-state index in [2.05, 4.69) is 17.4 Å². The zero-order valence-corrected chi connectivity index (χ0v) is 14.2. The third-order valence-corrected chi connectivity index (χ3v) is 3.92. The fraction of sp³-hybridized carbons (Fsp3) is 0.316. The second-order valence-electron chi connectivity index (χ2n) is 5.62. The lowest BCUT2D eigenvalue weighted by Crippen LogP contribution is -2.41. The zero-order chi connectivity index (χ0) is 16.7. The fourth-order valence-electron chi connectivity index (χ4n) is 2.24. The smallest absolute Gasteiger partial charge is 0.260 e. The summed E-state index contributed by atoms with van der Waals surface area (Å²) in [6, 6.07) is 17.5. The number of ether oxygens (including phenoxy) is 1. The molecule has 0 aliphatic heterocycles. The first-order chi connectivity index (χ1) is 11.1. The number of carbonyl (C=O) groups excluding carboxylic acids is 1. The number of para-hydroxylation sites is 1. The predicted octanol–water partition coefficient (Wildman–Crippen LogP) is 4.24. The molecule has 122 valence electrons. The minimum Gasteiger partial charge on any atom is -0.479 e. The van der Waals surface area contributed by atoms with Gasteiger partial charge in [0.25, 0.3) is 5.91 Å². The Morgan fingerprint density at radius 2 is 1.74 bits per heavy atom. The number of carbonyl (C=O) groups is 1. The number of nitrogens with one attached hydrogen (secondary N) is 1. The topological polar surface area (TPSA) is 38.3 Å². The van der Waals surface area contributed by atoms with Crippen molar-refractivity contribution in [1.82, 2.24) is 5.32 Å². The second kappa shape index (κ2) is 8.59. The van der Waals surface area contributed by atoms with Gasteiger partial charge in [-0.2, -0.15) is 0 Å². The zero-order valence-electron chi connectivity index (χ0n) is 13.5. The van der Waals surface area contributed by atoms with Crippen molar-refractivity contribution in [2.75, 3.05) is 0 Å². The molecular weight excluding hydrogens is 310 g/mol. The van der Waals surface area contributed by atoms with Crippen LogP contribution in [0.1, 0.15) is 25.8 Å². The lowest BCUT2D eigenvalue weighted by Gasteiger charge is -2.19. The average Bonchev–Trinajstić information content (AvgIpc) is 2.56. The quantitative estimate of drug-likeness (QED) is 0.824. The molecule has 0 radical (unpaired) electrons. The molecule has 1 N–H and O–H groups in total. The van der Waals surface area contributed by atoms with Crippen molar-refractivity contribution in [2.24, 2.45) is 0 Å². The Bertz CT molecular complexity index is 630. The number of hydrogen-bond acceptors (Lipinski definition) is 2. The van der Waals surface area contributed by atoms with E-state index in [9.17, 15) is 4.79 Å². The van der Waals surface area contributed by atoms with Gasteiger partial charge in [-0.1, -0.05) is 54.1 Å². The van der Waals surface area contributed by atoms with Crippen LogP contribution in [0.5, 0.6) is 5.75 Å². The Morgan fingerprint density at radius 3 is 2.43 bits per heavy atom. The van der Waals surface area contributed by atoms with E-state index < -0.39 is 6.10 Å². The summed E-state index contributed by atoms with van der Waals surface area (Å²) < 4.78 is 5.63. The van der Waals surface area contributed by atoms with E-state index in [1.165, 1.54) is 5.56 Å². The van der Waals surface area contributed by atoms with Gasteiger partial charge in [0, 0.05) is 6.04 Å². The molecule has 2 aromatic rings. The highest BCUT2D eigenvalue weighted by Crippen LogP contribution is 2.24. The molecule has 0 fully saturated rings. The van der Waals surface area contributed by atoms with Crippen LogP contribution in [0.3, 0.4) is 0 Å². The molecule has 0 saturated carbocycles. The van der Waals surface area contributed by atoms with E-state index in [0.717, 1.165) is 12.8 Å². The minimum atomic E-state index is -0.589. The molecule has 2 rings (SSSR count). The SMILES string of the molecule is C[C@H](CCc1ccccc1)NC(=O)[C@H](C)Oc1ccccc1Cl. The van der Waals surface area contributed by atoms with Crippen LogP contribution in [0.15, 0.2) is 54.6 Å². The summed E-state index contributed by atoms with van der Waals surface area (Å²) in [5.74, 6) is 0.388. The van der Waals surface area contributed by atoms with Gasteiger partial charge in [-0.05, 0) is 44.4 Å². The van der Waals surface area contributed by atoms with E-state index in [0.29, 0.717) is 10.8 Å². The number of benzene rings is 2. The molecule has 3 nitrogen and oxygen atoms in total. The van der Waals surface area contributed by atoms with E-state index in [1.54, 1.807) is 19.1 Å². The monoisotopic (exact) mass is 331 g/mol. The Morgan fingerprint density at radius 1 is 1.09 bits per heavy atom. The summed E-state index contributed by atoms with van der Waals surface area (Å²) >= 11 is 6.04. The molecule has 0 aliphatic rings. The largest absolute Gasteiger partial charge is 0.479 e. The maximum absolute atomic E-state index is 12.2. The standard InChI is InChI=1S/C19H22ClNO2/c1-14(12-13-16-8-4-3-5-9-16)21-19(22)15(2)23-18-11-7-6-10-17(18)20/h3-11,14-15H,12-13H2,1-2H3,(H,21,22)/t14-,15+/m1/s1. The van der Waals surface area contributed by atoms with Crippen LogP contribution in [-0.2, 0) is 11.2 Å². The van der Waals surface area contributed by atoms with Gasteiger partial charge in [-0.25, -0.2) is 0 Å². The van der Waals surface area contributed by atoms with E-state index in [-0.39, 0.29) is 11.9 Å². The normalized spacial score (nSPS) is 13.2. The Balaban J connectivity index is 1.80. The van der Waals surface area contributed by atoms with Gasteiger partial charge in [0.15, 0.2) is 6.10 Å². The van der Waals surface area contributed by atoms with Crippen LogP contribution < -0.4 is 10.1 Å². The van der Waals surface area contributed by atoms with Crippen molar-refractivity contribution < 1.29 is 9.53 Å². The lowest BCUT2D eigenvalue weighted by molar-refractivity contribution is -0.127. The van der Waals surface area contributed by atoms with Crippen molar-refractivity contribution in [1.29, 1.82) is 0 Å². The van der Waals surface area contributed by atoms with Gasteiger partial charge < -0.3 is 10.1 Å². The third-order valence-electron chi connectivity index (χ3n) is 3.61. The van der Waals surface area contributed by atoms with Gasteiger partial charge >= 0.3 is 0 Å². The lowest BCUT2D eigenvalue weighted by atomic mass is 10.1. The van der Waals surface area contributed by atoms with Crippen LogP contribution in [-0.4, -0.2) is 18.1 Å². The minimum absolute atomic E-state index is 0.0833. The number of halogens is 1. The Hall–Kier alpha value is -2.00. The molecule has 1 amide bonds. The number of amides is 1. The van der Waals surface area contributed by atoms with Gasteiger partial charge in [0.05, 0.1) is 5.02 Å². The van der Waals surface area contributed by atoms with Crippen LogP contribution in [0.25, 0.3) is 0 Å². The van der Waals surface area contributed by atoms with Crippen molar-refractivity contribution in [3.8, 4) is 5.75 Å². The number of hydrogen-bond donors (Lipinski definition) is 1. The molecule has 0 aliphatic carbocycles. The summed E-state index contributed by atoms with van der Waals surface area (Å²) in [4.78, 5) is 12.2. The second-order valence-corrected chi connectivity index (χ2v) is 6.03. The molecular formula is C19H22ClNO2. The number of aryl methyl sites for hydroxylation is 1. The van der Waals surface area contributed by atoms with Crippen LogP contribution in [0.4, 0.5) is 0 Å². The molecule has 2 aromatic carbocycles. The Labute approximate surface area is 142 Å². The van der Waals surface area contributed by atoms with Gasteiger partial charge in [-0.15, -0.1) is 0 Å². The van der Waals surface area contributed by atoms with Crippen LogP contribution in [0, 0.1) is 0 Å². The van der Waals surface area contributed by atoms with Crippen molar-refractivity contribution >= 4 is 17.5 Å². The Kier molecular flexibility index (Phi) is 6.48. The molecule has 0 aromatic heterocycles. The predicted molar refractivity (Wildman–Crippen MR) is 93.9 cm³/mol. The summed E-state index contributed by atoms with van der Waals surface area (Å²) in [5, 5.41) is 3.49. The maximum Gasteiger partial charge on any atom is 0.260 e. The van der Waals surface area contributed by atoms with Crippen molar-refractivity contribution in [3.05, 3.63) is 65.2 Å². The van der Waals surface area contributed by atoms with Crippen molar-refractivity contribution in [2.45, 2.75) is 38.8 Å². The molecule has 23 heavy (non-hydrogen) atoms. The molecule has 0 bridgehead atoms. The molecule has 0 unspecified atom stereocenters. The highest BCUT2D eigenvalue weighted by Gasteiger charge is 2.17. The third kappa shape index (κ3) is 5.61. The molecule has 0 heterocycles.